The van der Waals surface area contributed by atoms with Crippen LogP contribution in [0.15, 0.2) is 17.2 Å². The zero-order valence-electron chi connectivity index (χ0n) is 15.5. The van der Waals surface area contributed by atoms with Gasteiger partial charge >= 0.3 is 0 Å². The zero-order chi connectivity index (χ0) is 18.7. The Morgan fingerprint density at radius 1 is 1.42 bits per heavy atom. The van der Waals surface area contributed by atoms with E-state index in [2.05, 4.69) is 15.1 Å². The largest absolute Gasteiger partial charge is 0.375 e. The van der Waals surface area contributed by atoms with Crippen molar-refractivity contribution in [3.8, 4) is 0 Å². The number of amides is 1. The third kappa shape index (κ3) is 4.19. The van der Waals surface area contributed by atoms with Crippen molar-refractivity contribution < 1.29 is 9.53 Å². The molecular weight excluding hydrogens is 334 g/mol. The Balaban J connectivity index is 1.57. The number of aromatic amines is 1. The Hall–Kier alpha value is -2.48. The molecule has 1 aliphatic heterocycles. The number of nitrogens with zero attached hydrogens (tertiary/aromatic N) is 4. The van der Waals surface area contributed by atoms with Gasteiger partial charge in [0.05, 0.1) is 31.2 Å². The summed E-state index contributed by atoms with van der Waals surface area (Å²) in [4.78, 5) is 32.6. The molecular formula is C18H25N5O3. The lowest BCUT2D eigenvalue weighted by Gasteiger charge is -2.33. The fraction of sp³-hybridized carbons (Fsp3) is 0.556. The molecule has 140 valence electrons. The van der Waals surface area contributed by atoms with Crippen LogP contribution in [0.3, 0.4) is 0 Å². The highest BCUT2D eigenvalue weighted by atomic mass is 16.5. The molecule has 1 fully saturated rings. The molecule has 1 aliphatic rings. The third-order valence-corrected chi connectivity index (χ3v) is 4.94. The second kappa shape index (κ2) is 7.82. The van der Waals surface area contributed by atoms with E-state index in [0.29, 0.717) is 32.5 Å². The molecule has 3 rings (SSSR count). The highest BCUT2D eigenvalue weighted by Crippen LogP contribution is 2.16. The monoisotopic (exact) mass is 359 g/mol. The SMILES string of the molecule is Cc1nn(C)c(C)c1CC(=O)N1CCO[C@@H](CCc2cc(=O)[nH]cn2)C1. The van der Waals surface area contributed by atoms with Crippen LogP contribution < -0.4 is 5.56 Å². The van der Waals surface area contributed by atoms with Crippen LogP contribution >= 0.6 is 0 Å². The van der Waals surface area contributed by atoms with Gasteiger partial charge in [-0.2, -0.15) is 5.10 Å². The molecule has 0 spiro atoms. The number of aromatic nitrogens is 4. The number of ether oxygens (including phenoxy) is 1. The molecule has 0 bridgehead atoms. The van der Waals surface area contributed by atoms with E-state index in [1.165, 1.54) is 12.4 Å². The Morgan fingerprint density at radius 3 is 2.92 bits per heavy atom. The smallest absolute Gasteiger partial charge is 0.250 e. The summed E-state index contributed by atoms with van der Waals surface area (Å²) in [6.45, 7) is 5.63. The topological polar surface area (TPSA) is 93.1 Å². The highest BCUT2D eigenvalue weighted by Gasteiger charge is 2.25. The number of rotatable bonds is 5. The predicted octanol–water partition coefficient (Wildman–Crippen LogP) is 0.523. The van der Waals surface area contributed by atoms with Crippen LogP contribution in [-0.4, -0.2) is 56.4 Å². The molecule has 1 N–H and O–H groups in total. The minimum absolute atomic E-state index is 0.0371. The molecule has 1 saturated heterocycles. The maximum Gasteiger partial charge on any atom is 0.250 e. The van der Waals surface area contributed by atoms with E-state index in [1.807, 2.05) is 30.5 Å². The van der Waals surface area contributed by atoms with Crippen molar-refractivity contribution in [1.82, 2.24) is 24.6 Å². The average Bonchev–Trinajstić information content (AvgIpc) is 2.86. The van der Waals surface area contributed by atoms with Crippen LogP contribution in [0.4, 0.5) is 0 Å². The first-order chi connectivity index (χ1) is 12.4. The number of carbonyl (C=O) groups is 1. The fourth-order valence-corrected chi connectivity index (χ4v) is 3.31. The summed E-state index contributed by atoms with van der Waals surface area (Å²) in [5.41, 5.74) is 3.53. The molecule has 0 saturated carbocycles. The van der Waals surface area contributed by atoms with E-state index in [1.54, 1.807) is 0 Å². The number of morpholine rings is 1. The summed E-state index contributed by atoms with van der Waals surface area (Å²) < 4.78 is 7.60. The van der Waals surface area contributed by atoms with Gasteiger partial charge in [-0.3, -0.25) is 14.3 Å². The van der Waals surface area contributed by atoms with E-state index >= 15 is 0 Å². The number of H-pyrrole nitrogens is 1. The number of hydrogen-bond donors (Lipinski definition) is 1. The maximum absolute atomic E-state index is 12.7. The van der Waals surface area contributed by atoms with Gasteiger partial charge in [-0.25, -0.2) is 4.98 Å². The predicted molar refractivity (Wildman–Crippen MR) is 95.9 cm³/mol. The van der Waals surface area contributed by atoms with Gasteiger partial charge in [-0.15, -0.1) is 0 Å². The summed E-state index contributed by atoms with van der Waals surface area (Å²) >= 11 is 0. The second-order valence-corrected chi connectivity index (χ2v) is 6.72. The van der Waals surface area contributed by atoms with Crippen molar-refractivity contribution in [2.24, 2.45) is 7.05 Å². The van der Waals surface area contributed by atoms with Crippen LogP contribution in [-0.2, 0) is 29.4 Å². The van der Waals surface area contributed by atoms with Crippen molar-refractivity contribution in [3.05, 3.63) is 45.4 Å². The minimum Gasteiger partial charge on any atom is -0.375 e. The lowest BCUT2D eigenvalue weighted by atomic mass is 10.1. The van der Waals surface area contributed by atoms with Gasteiger partial charge in [0.2, 0.25) is 5.91 Å². The minimum atomic E-state index is -0.154. The molecule has 0 aromatic carbocycles. The molecule has 1 atom stereocenters. The number of nitrogens with one attached hydrogen (secondary N) is 1. The van der Waals surface area contributed by atoms with Crippen molar-refractivity contribution in [2.45, 2.75) is 39.2 Å². The van der Waals surface area contributed by atoms with E-state index < -0.39 is 0 Å². The van der Waals surface area contributed by atoms with Crippen molar-refractivity contribution >= 4 is 5.91 Å². The molecule has 26 heavy (non-hydrogen) atoms. The second-order valence-electron chi connectivity index (χ2n) is 6.72. The quantitative estimate of drug-likeness (QED) is 0.840. The van der Waals surface area contributed by atoms with Gasteiger partial charge in [0.25, 0.3) is 5.56 Å². The molecule has 2 aromatic heterocycles. The Bertz CT molecular complexity index is 842. The summed E-state index contributed by atoms with van der Waals surface area (Å²) in [6.07, 6.45) is 3.12. The average molecular weight is 359 g/mol. The van der Waals surface area contributed by atoms with Crippen LogP contribution in [0.1, 0.15) is 29.1 Å². The van der Waals surface area contributed by atoms with Gasteiger partial charge in [0, 0.05) is 43.2 Å². The Labute approximate surface area is 152 Å². The molecule has 8 nitrogen and oxygen atoms in total. The third-order valence-electron chi connectivity index (χ3n) is 4.94. The lowest BCUT2D eigenvalue weighted by Crippen LogP contribution is -2.46. The normalized spacial score (nSPS) is 17.5. The number of hydrogen-bond acceptors (Lipinski definition) is 5. The maximum atomic E-state index is 12.7. The lowest BCUT2D eigenvalue weighted by molar-refractivity contribution is -0.138. The fourth-order valence-electron chi connectivity index (χ4n) is 3.31. The Kier molecular flexibility index (Phi) is 5.51. The van der Waals surface area contributed by atoms with Crippen molar-refractivity contribution in [3.63, 3.8) is 0 Å². The molecule has 1 amide bonds. The standard InChI is InChI=1S/C18H25N5O3/c1-12-16(13(2)22(3)21-12)9-18(25)23-6-7-26-15(10-23)5-4-14-8-17(24)20-11-19-14/h8,11,15H,4-7,9-10H2,1-3H3,(H,19,20,24)/t15-/m0/s1. The first-order valence-electron chi connectivity index (χ1n) is 8.86. The zero-order valence-corrected chi connectivity index (χ0v) is 15.5. The van der Waals surface area contributed by atoms with E-state index in [0.717, 1.165) is 29.1 Å². The molecule has 2 aromatic rings. The summed E-state index contributed by atoms with van der Waals surface area (Å²) in [7, 11) is 1.89. The van der Waals surface area contributed by atoms with Gasteiger partial charge in [-0.1, -0.05) is 0 Å². The first-order valence-corrected chi connectivity index (χ1v) is 8.86. The first kappa shape index (κ1) is 18.3. The molecule has 0 aliphatic carbocycles. The van der Waals surface area contributed by atoms with Crippen LogP contribution in [0.5, 0.6) is 0 Å². The number of carbonyl (C=O) groups excluding carboxylic acids is 1. The van der Waals surface area contributed by atoms with Gasteiger partial charge in [0.15, 0.2) is 0 Å². The summed E-state index contributed by atoms with van der Waals surface area (Å²) in [6, 6.07) is 1.50. The van der Waals surface area contributed by atoms with E-state index in [4.69, 9.17) is 4.74 Å². The van der Waals surface area contributed by atoms with Gasteiger partial charge in [-0.05, 0) is 26.7 Å². The van der Waals surface area contributed by atoms with Gasteiger partial charge < -0.3 is 14.6 Å². The molecule has 8 heteroatoms. The van der Waals surface area contributed by atoms with Crippen LogP contribution in [0, 0.1) is 13.8 Å². The van der Waals surface area contributed by atoms with Crippen LogP contribution in [0.2, 0.25) is 0 Å². The number of aryl methyl sites for hydroxylation is 3. The summed E-state index contributed by atoms with van der Waals surface area (Å²) in [5.74, 6) is 0.104. The van der Waals surface area contributed by atoms with Crippen LogP contribution in [0.25, 0.3) is 0 Å². The van der Waals surface area contributed by atoms with Crippen molar-refractivity contribution in [2.75, 3.05) is 19.7 Å². The Morgan fingerprint density at radius 2 is 2.23 bits per heavy atom. The molecule has 3 heterocycles. The molecule has 0 unspecified atom stereocenters. The van der Waals surface area contributed by atoms with E-state index in [-0.39, 0.29) is 17.6 Å². The summed E-state index contributed by atoms with van der Waals surface area (Å²) in [5, 5.41) is 4.38. The van der Waals surface area contributed by atoms with Gasteiger partial charge in [0.1, 0.15) is 0 Å². The van der Waals surface area contributed by atoms with Crippen molar-refractivity contribution in [1.29, 1.82) is 0 Å². The van der Waals surface area contributed by atoms with E-state index in [9.17, 15) is 9.59 Å². The molecule has 0 radical (unpaired) electrons. The highest BCUT2D eigenvalue weighted by molar-refractivity contribution is 5.79.